The number of benzene rings is 1. The first kappa shape index (κ1) is 24.2. The lowest BCUT2D eigenvalue weighted by atomic mass is 9.90. The molecule has 0 aliphatic carbocycles. The van der Waals surface area contributed by atoms with Crippen molar-refractivity contribution >= 4 is 22.8 Å². The van der Waals surface area contributed by atoms with Crippen LogP contribution in [-0.2, 0) is 9.47 Å². The Hall–Kier alpha value is -3.86. The summed E-state index contributed by atoms with van der Waals surface area (Å²) in [5, 5.41) is 8.18. The van der Waals surface area contributed by atoms with E-state index in [1.807, 2.05) is 42.5 Å². The van der Waals surface area contributed by atoms with E-state index in [4.69, 9.17) is 30.8 Å². The summed E-state index contributed by atoms with van der Waals surface area (Å²) in [5.41, 5.74) is 5.48. The predicted molar refractivity (Wildman–Crippen MR) is 145 cm³/mol. The quantitative estimate of drug-likeness (QED) is 0.327. The molecule has 0 saturated carbocycles. The van der Waals surface area contributed by atoms with Crippen molar-refractivity contribution in [3.05, 3.63) is 66.3 Å². The Labute approximate surface area is 229 Å². The molecule has 2 aliphatic heterocycles. The number of hydrogen-bond donors (Lipinski definition) is 1. The highest BCUT2D eigenvalue weighted by atomic mass is 35.5. The molecule has 0 spiro atoms. The molecule has 4 atom stereocenters. The second-order valence-corrected chi connectivity index (χ2v) is 10.6. The molecule has 2 fully saturated rings. The molecule has 5 aromatic rings. The zero-order chi connectivity index (χ0) is 26.5. The van der Waals surface area contributed by atoms with Crippen LogP contribution >= 0.6 is 11.6 Å². The van der Waals surface area contributed by atoms with E-state index in [1.54, 1.807) is 23.4 Å². The van der Waals surface area contributed by atoms with Gasteiger partial charge in [-0.15, -0.1) is 10.2 Å². The van der Waals surface area contributed by atoms with Gasteiger partial charge in [-0.1, -0.05) is 49.7 Å². The number of halogens is 1. The van der Waals surface area contributed by atoms with Crippen LogP contribution in [0.1, 0.15) is 13.8 Å². The van der Waals surface area contributed by atoms with Gasteiger partial charge in [0.2, 0.25) is 0 Å². The van der Waals surface area contributed by atoms with Gasteiger partial charge in [0.05, 0.1) is 53.1 Å². The summed E-state index contributed by atoms with van der Waals surface area (Å²) in [6, 6.07) is 14.1. The van der Waals surface area contributed by atoms with Crippen molar-refractivity contribution in [1.29, 1.82) is 0 Å². The van der Waals surface area contributed by atoms with Crippen LogP contribution in [-0.4, -0.2) is 66.2 Å². The van der Waals surface area contributed by atoms with Crippen molar-refractivity contribution < 1.29 is 14.2 Å². The first-order valence-corrected chi connectivity index (χ1v) is 13.3. The lowest BCUT2D eigenvalue weighted by molar-refractivity contribution is 0.0244. The number of rotatable bonds is 6. The predicted octanol–water partition coefficient (Wildman–Crippen LogP) is 4.74. The van der Waals surface area contributed by atoms with Crippen molar-refractivity contribution in [3.8, 4) is 34.2 Å². The number of pyridine rings is 2. The summed E-state index contributed by atoms with van der Waals surface area (Å²) in [4.78, 5) is 17.1. The van der Waals surface area contributed by atoms with E-state index in [0.717, 1.165) is 22.5 Å². The Morgan fingerprint density at radius 1 is 0.974 bits per heavy atom. The molecule has 198 valence electrons. The first-order valence-electron chi connectivity index (χ1n) is 12.9. The van der Waals surface area contributed by atoms with Crippen molar-refractivity contribution in [2.45, 2.75) is 32.2 Å². The van der Waals surface area contributed by atoms with Crippen LogP contribution in [0, 0.1) is 11.8 Å². The Morgan fingerprint density at radius 2 is 1.74 bits per heavy atom. The van der Waals surface area contributed by atoms with Crippen molar-refractivity contribution in [2.75, 3.05) is 13.2 Å². The molecule has 0 amide bonds. The molecule has 0 radical (unpaired) electrons. The Balaban J connectivity index is 1.09. The van der Waals surface area contributed by atoms with Gasteiger partial charge >= 0.3 is 0 Å². The Morgan fingerprint density at radius 3 is 2.49 bits per heavy atom. The van der Waals surface area contributed by atoms with E-state index in [0.29, 0.717) is 52.9 Å². The maximum Gasteiger partial charge on any atom is 0.296 e. The van der Waals surface area contributed by atoms with Crippen molar-refractivity contribution in [1.82, 2.24) is 34.7 Å². The minimum absolute atomic E-state index is 0.0589. The van der Waals surface area contributed by atoms with Gasteiger partial charge in [-0.3, -0.25) is 9.55 Å². The smallest absolute Gasteiger partial charge is 0.296 e. The molecule has 1 aromatic carbocycles. The lowest BCUT2D eigenvalue weighted by Crippen LogP contribution is -2.34. The molecule has 39 heavy (non-hydrogen) atoms. The fraction of sp³-hybridized carbons (Fsp3) is 0.321. The van der Waals surface area contributed by atoms with Crippen LogP contribution in [0.5, 0.6) is 6.01 Å². The summed E-state index contributed by atoms with van der Waals surface area (Å²) >= 11 is 6.64. The summed E-state index contributed by atoms with van der Waals surface area (Å²) < 4.78 is 20.0. The van der Waals surface area contributed by atoms with E-state index < -0.39 is 0 Å². The molecule has 4 unspecified atom stereocenters. The third-order valence-electron chi connectivity index (χ3n) is 7.49. The number of imidazole rings is 1. The van der Waals surface area contributed by atoms with E-state index in [1.165, 1.54) is 0 Å². The Bertz CT molecular complexity index is 1600. The highest BCUT2D eigenvalue weighted by Crippen LogP contribution is 2.37. The fourth-order valence-electron chi connectivity index (χ4n) is 5.31. The van der Waals surface area contributed by atoms with Gasteiger partial charge in [0.15, 0.2) is 11.8 Å². The Kier molecular flexibility index (Phi) is 6.03. The van der Waals surface area contributed by atoms with Crippen LogP contribution in [0.3, 0.4) is 0 Å². The van der Waals surface area contributed by atoms with Gasteiger partial charge in [-0.05, 0) is 24.1 Å². The van der Waals surface area contributed by atoms with E-state index in [9.17, 15) is 0 Å². The summed E-state index contributed by atoms with van der Waals surface area (Å²) in [7, 11) is 0. The highest BCUT2D eigenvalue weighted by Gasteiger charge is 2.49. The maximum atomic E-state index is 6.64. The monoisotopic (exact) mass is 543 g/mol. The number of H-pyrrole nitrogens is 1. The van der Waals surface area contributed by atoms with Crippen LogP contribution in [0.15, 0.2) is 61.3 Å². The molecule has 2 aliphatic rings. The lowest BCUT2D eigenvalue weighted by Gasteiger charge is -2.19. The third-order valence-corrected chi connectivity index (χ3v) is 7.78. The minimum atomic E-state index is -0.221. The molecule has 10 nitrogen and oxygen atoms in total. The van der Waals surface area contributed by atoms with Gasteiger partial charge in [-0.25, -0.2) is 4.98 Å². The molecular formula is C28H26ClN7O3. The van der Waals surface area contributed by atoms with Crippen molar-refractivity contribution in [2.24, 2.45) is 11.8 Å². The third kappa shape index (κ3) is 4.44. The number of hydrogen-bond acceptors (Lipinski definition) is 8. The van der Waals surface area contributed by atoms with E-state index >= 15 is 0 Å². The standard InChI is InChI=1S/C28H26ClN7O3/c1-15(2)19-11-37-26-23(12-38-25(19)26)39-28-33-22-9-20(29)24(34-27(22)35-28)17-5-3-16(4-6-17)21-8-7-18(10-30-21)36-13-31-32-14-36/h3-10,13-15,19,23,25-26H,11-12H2,1-2H3,(H,33,34,35). The average Bonchev–Trinajstić information content (AvgIpc) is 3.74. The number of ether oxygens (including phenoxy) is 3. The van der Waals surface area contributed by atoms with Crippen LogP contribution in [0.25, 0.3) is 39.4 Å². The van der Waals surface area contributed by atoms with Crippen LogP contribution in [0.4, 0.5) is 0 Å². The number of aromatic amines is 1. The largest absolute Gasteiger partial charge is 0.456 e. The van der Waals surface area contributed by atoms with E-state index in [2.05, 4.69) is 39.0 Å². The van der Waals surface area contributed by atoms with Gasteiger partial charge in [0.1, 0.15) is 18.8 Å². The topological polar surface area (TPSA) is 113 Å². The van der Waals surface area contributed by atoms with Crippen LogP contribution < -0.4 is 4.74 Å². The minimum Gasteiger partial charge on any atom is -0.456 e. The molecule has 6 heterocycles. The summed E-state index contributed by atoms with van der Waals surface area (Å²) in [5.74, 6) is 0.870. The van der Waals surface area contributed by atoms with E-state index in [-0.39, 0.29) is 18.3 Å². The zero-order valence-electron chi connectivity index (χ0n) is 21.4. The molecular weight excluding hydrogens is 518 g/mol. The molecule has 1 N–H and O–H groups in total. The second kappa shape index (κ2) is 9.71. The number of aromatic nitrogens is 7. The molecule has 7 rings (SSSR count). The summed E-state index contributed by atoms with van der Waals surface area (Å²) in [6.45, 7) is 5.56. The number of fused-ring (bicyclic) bond motifs is 2. The maximum absolute atomic E-state index is 6.64. The molecule has 2 saturated heterocycles. The first-order chi connectivity index (χ1) is 19.0. The molecule has 4 aromatic heterocycles. The molecule has 11 heteroatoms. The second-order valence-electron chi connectivity index (χ2n) is 10.2. The van der Waals surface area contributed by atoms with Gasteiger partial charge < -0.3 is 19.2 Å². The zero-order valence-corrected chi connectivity index (χ0v) is 22.1. The number of nitrogens with zero attached hydrogens (tertiary/aromatic N) is 6. The van der Waals surface area contributed by atoms with Gasteiger partial charge in [0.25, 0.3) is 6.01 Å². The summed E-state index contributed by atoms with van der Waals surface area (Å²) in [6.07, 6.45) is 4.81. The van der Waals surface area contributed by atoms with Gasteiger partial charge in [0, 0.05) is 17.0 Å². The van der Waals surface area contributed by atoms with Crippen molar-refractivity contribution in [3.63, 3.8) is 0 Å². The average molecular weight is 544 g/mol. The van der Waals surface area contributed by atoms with Gasteiger partial charge in [-0.2, -0.15) is 4.98 Å². The normalized spacial score (nSPS) is 22.6. The highest BCUT2D eigenvalue weighted by molar-refractivity contribution is 6.33. The van der Waals surface area contributed by atoms with Crippen LogP contribution in [0.2, 0.25) is 5.02 Å². The fourth-order valence-corrected chi connectivity index (χ4v) is 5.57. The molecule has 0 bridgehead atoms. The SMILES string of the molecule is CC(C)C1COC2C(Oc3nc4nc(-c5ccc(-c6ccc(-n7cnnc7)cn6)cc5)c(Cl)cc4[nH]3)COC12. The number of nitrogens with one attached hydrogen (secondary N) is 1.